The fourth-order valence-electron chi connectivity index (χ4n) is 1.86. The average molecular weight is 361 g/mol. The fourth-order valence-corrected chi connectivity index (χ4v) is 2.66. The van der Waals surface area contributed by atoms with Crippen molar-refractivity contribution in [2.24, 2.45) is 5.41 Å². The predicted octanol–water partition coefficient (Wildman–Crippen LogP) is 6.28. The van der Waals surface area contributed by atoms with E-state index in [1.54, 1.807) is 0 Å². The monoisotopic (exact) mass is 360 g/mol. The van der Waals surface area contributed by atoms with Gasteiger partial charge in [0.05, 0.1) is 0 Å². The molecule has 0 amide bonds. The topological polar surface area (TPSA) is 18.5 Å². The van der Waals surface area contributed by atoms with Crippen LogP contribution in [0, 0.1) is 5.41 Å². The first kappa shape index (κ1) is 16.6. The zero-order chi connectivity index (χ0) is 16.0. The van der Waals surface area contributed by atoms with Crippen LogP contribution < -0.4 is 4.74 Å². The van der Waals surface area contributed by atoms with E-state index in [-0.39, 0.29) is 5.41 Å². The van der Waals surface area contributed by atoms with E-state index in [9.17, 15) is 0 Å². The molecule has 2 rings (SSSR count). The van der Waals surface area contributed by atoms with Gasteiger partial charge in [0.1, 0.15) is 18.1 Å². The van der Waals surface area contributed by atoms with Crippen molar-refractivity contribution in [3.63, 3.8) is 0 Å². The van der Waals surface area contributed by atoms with Gasteiger partial charge in [0.25, 0.3) is 0 Å². The first-order valence-corrected chi connectivity index (χ1v) is 8.05. The van der Waals surface area contributed by atoms with Crippen molar-refractivity contribution in [3.8, 4) is 11.5 Å². The van der Waals surface area contributed by atoms with Crippen LogP contribution in [0.4, 0.5) is 0 Å². The first-order chi connectivity index (χ1) is 10.4. The maximum atomic E-state index is 5.82. The third-order valence-electron chi connectivity index (χ3n) is 2.80. The number of benzene rings is 2. The molecule has 0 radical (unpaired) electrons. The third-order valence-corrected chi connectivity index (χ3v) is 3.26. The van der Waals surface area contributed by atoms with Crippen molar-refractivity contribution < 1.29 is 9.47 Å². The minimum absolute atomic E-state index is 0.0805. The Kier molecular flexibility index (Phi) is 5.67. The highest BCUT2D eigenvalue weighted by Gasteiger charge is 2.08. The molecule has 3 heteroatoms. The van der Waals surface area contributed by atoms with Crippen molar-refractivity contribution in [3.05, 3.63) is 70.9 Å². The Morgan fingerprint density at radius 1 is 1.00 bits per heavy atom. The summed E-state index contributed by atoms with van der Waals surface area (Å²) in [5, 5.41) is 0. The lowest BCUT2D eigenvalue weighted by Gasteiger charge is -2.14. The molecule has 0 fully saturated rings. The summed E-state index contributed by atoms with van der Waals surface area (Å²) in [4.78, 5) is 0. The molecule has 0 saturated heterocycles. The lowest BCUT2D eigenvalue weighted by molar-refractivity contribution is 0.223. The second-order valence-corrected chi connectivity index (χ2v) is 6.95. The summed E-state index contributed by atoms with van der Waals surface area (Å²) < 4.78 is 12.3. The van der Waals surface area contributed by atoms with E-state index in [1.807, 2.05) is 54.6 Å². The van der Waals surface area contributed by atoms with Gasteiger partial charge in [-0.05, 0) is 57.2 Å². The van der Waals surface area contributed by atoms with Gasteiger partial charge in [-0.2, -0.15) is 0 Å². The SMILES string of the molecule is CC(C)(C)/C=C(/Br)OCc1cccc(Oc2ccccc2)c1. The van der Waals surface area contributed by atoms with Gasteiger partial charge in [-0.25, -0.2) is 0 Å². The molecule has 0 unspecified atom stereocenters. The molecule has 0 saturated carbocycles. The van der Waals surface area contributed by atoms with Crippen molar-refractivity contribution in [1.82, 2.24) is 0 Å². The summed E-state index contributed by atoms with van der Waals surface area (Å²) in [7, 11) is 0. The summed E-state index contributed by atoms with van der Waals surface area (Å²) >= 11 is 3.45. The largest absolute Gasteiger partial charge is 0.482 e. The van der Waals surface area contributed by atoms with Crippen LogP contribution in [0.2, 0.25) is 0 Å². The van der Waals surface area contributed by atoms with Crippen LogP contribution in [0.3, 0.4) is 0 Å². The van der Waals surface area contributed by atoms with Gasteiger partial charge >= 0.3 is 0 Å². The van der Waals surface area contributed by atoms with Crippen molar-refractivity contribution in [2.75, 3.05) is 0 Å². The Labute approximate surface area is 140 Å². The van der Waals surface area contributed by atoms with Gasteiger partial charge in [0.2, 0.25) is 0 Å². The van der Waals surface area contributed by atoms with Gasteiger partial charge in [-0.3, -0.25) is 0 Å². The van der Waals surface area contributed by atoms with E-state index in [4.69, 9.17) is 9.47 Å². The van der Waals surface area contributed by atoms with E-state index < -0.39 is 0 Å². The Balaban J connectivity index is 1.99. The molecular formula is C19H21BrO2. The molecule has 2 aromatic rings. The minimum Gasteiger partial charge on any atom is -0.482 e. The Morgan fingerprint density at radius 2 is 1.68 bits per heavy atom. The lowest BCUT2D eigenvalue weighted by Crippen LogP contribution is -2.01. The molecule has 0 aliphatic heterocycles. The van der Waals surface area contributed by atoms with Crippen molar-refractivity contribution in [2.45, 2.75) is 27.4 Å². The lowest BCUT2D eigenvalue weighted by atomic mass is 9.97. The number of ether oxygens (including phenoxy) is 2. The van der Waals surface area contributed by atoms with Gasteiger partial charge in [0.15, 0.2) is 4.67 Å². The average Bonchev–Trinajstić information content (AvgIpc) is 2.45. The van der Waals surface area contributed by atoms with Crippen LogP contribution >= 0.6 is 15.9 Å². The van der Waals surface area contributed by atoms with Crippen LogP contribution in [-0.4, -0.2) is 0 Å². The van der Waals surface area contributed by atoms with Crippen LogP contribution in [0.25, 0.3) is 0 Å². The number of hydrogen-bond acceptors (Lipinski definition) is 2. The molecule has 0 N–H and O–H groups in total. The van der Waals surface area contributed by atoms with E-state index in [2.05, 4.69) is 42.8 Å². The number of allylic oxidation sites excluding steroid dienone is 1. The molecular weight excluding hydrogens is 340 g/mol. The maximum Gasteiger partial charge on any atom is 0.159 e. The maximum absolute atomic E-state index is 5.82. The highest BCUT2D eigenvalue weighted by Crippen LogP contribution is 2.24. The number of halogens is 1. The Bertz CT molecular complexity index is 627. The molecule has 2 aromatic carbocycles. The zero-order valence-corrected chi connectivity index (χ0v) is 14.8. The first-order valence-electron chi connectivity index (χ1n) is 7.25. The number of hydrogen-bond donors (Lipinski definition) is 0. The van der Waals surface area contributed by atoms with Crippen LogP contribution in [0.15, 0.2) is 65.3 Å². The van der Waals surface area contributed by atoms with E-state index in [1.165, 1.54) is 0 Å². The molecule has 116 valence electrons. The second kappa shape index (κ2) is 7.50. The molecule has 22 heavy (non-hydrogen) atoms. The Morgan fingerprint density at radius 3 is 2.36 bits per heavy atom. The van der Waals surface area contributed by atoms with Crippen LogP contribution in [0.5, 0.6) is 11.5 Å². The predicted molar refractivity (Wildman–Crippen MR) is 94.2 cm³/mol. The highest BCUT2D eigenvalue weighted by atomic mass is 79.9. The quantitative estimate of drug-likeness (QED) is 0.584. The molecule has 0 aromatic heterocycles. The third kappa shape index (κ3) is 5.94. The smallest absolute Gasteiger partial charge is 0.159 e. The molecule has 0 aliphatic rings. The summed E-state index contributed by atoms with van der Waals surface area (Å²) in [5.41, 5.74) is 1.14. The fraction of sp³-hybridized carbons (Fsp3) is 0.263. The standard InChI is InChI=1S/C19H21BrO2/c1-19(2,3)13-18(20)21-14-15-8-7-11-17(12-15)22-16-9-5-4-6-10-16/h4-13H,14H2,1-3H3/b18-13-. The molecule has 0 spiro atoms. The summed E-state index contributed by atoms with van der Waals surface area (Å²) in [6.45, 7) is 6.89. The molecule has 2 nitrogen and oxygen atoms in total. The summed E-state index contributed by atoms with van der Waals surface area (Å²) in [6.07, 6.45) is 2.05. The van der Waals surface area contributed by atoms with Gasteiger partial charge in [-0.1, -0.05) is 51.1 Å². The summed E-state index contributed by atoms with van der Waals surface area (Å²) in [5.74, 6) is 1.64. The second-order valence-electron chi connectivity index (χ2n) is 6.17. The van der Waals surface area contributed by atoms with Crippen LogP contribution in [0.1, 0.15) is 26.3 Å². The minimum atomic E-state index is 0.0805. The Hall–Kier alpha value is -1.74. The number of rotatable bonds is 5. The number of para-hydroxylation sites is 1. The zero-order valence-electron chi connectivity index (χ0n) is 13.2. The van der Waals surface area contributed by atoms with Gasteiger partial charge in [-0.15, -0.1) is 0 Å². The molecule has 0 heterocycles. The van der Waals surface area contributed by atoms with E-state index in [0.29, 0.717) is 6.61 Å². The van der Waals surface area contributed by atoms with Crippen molar-refractivity contribution >= 4 is 15.9 Å². The van der Waals surface area contributed by atoms with Crippen molar-refractivity contribution in [1.29, 1.82) is 0 Å². The molecule has 0 atom stereocenters. The highest BCUT2D eigenvalue weighted by molar-refractivity contribution is 9.11. The van der Waals surface area contributed by atoms with E-state index >= 15 is 0 Å². The van der Waals surface area contributed by atoms with Gasteiger partial charge < -0.3 is 9.47 Å². The molecule has 0 bridgehead atoms. The van der Waals surface area contributed by atoms with E-state index in [0.717, 1.165) is 21.7 Å². The summed E-state index contributed by atoms with van der Waals surface area (Å²) in [6, 6.07) is 17.7. The molecule has 0 aliphatic carbocycles. The van der Waals surface area contributed by atoms with Crippen LogP contribution in [-0.2, 0) is 11.3 Å². The van der Waals surface area contributed by atoms with Gasteiger partial charge in [0, 0.05) is 0 Å². The normalized spacial score (nSPS) is 12.1.